The van der Waals surface area contributed by atoms with Crippen LogP contribution in [-0.4, -0.2) is 14.5 Å². The van der Waals surface area contributed by atoms with Crippen molar-refractivity contribution in [2.45, 2.75) is 26.8 Å². The van der Waals surface area contributed by atoms with Crippen molar-refractivity contribution in [2.24, 2.45) is 5.92 Å². The van der Waals surface area contributed by atoms with Crippen LogP contribution < -0.4 is 5.32 Å². The average molecular weight is 228 g/mol. The van der Waals surface area contributed by atoms with Gasteiger partial charge in [0, 0.05) is 6.20 Å². The Kier molecular flexibility index (Phi) is 2.18. The van der Waals surface area contributed by atoms with Crippen LogP contribution in [0.25, 0.3) is 5.69 Å². The molecule has 0 radical (unpaired) electrons. The van der Waals surface area contributed by atoms with Crippen molar-refractivity contribution in [3.8, 4) is 5.69 Å². The zero-order valence-electron chi connectivity index (χ0n) is 10.3. The fourth-order valence-electron chi connectivity index (χ4n) is 2.41. The molecule has 3 rings (SSSR count). The quantitative estimate of drug-likeness (QED) is 0.816. The molecular formula is C13H16N4. The van der Waals surface area contributed by atoms with Crippen molar-refractivity contribution in [1.29, 1.82) is 0 Å². The first-order valence-corrected chi connectivity index (χ1v) is 5.94. The van der Waals surface area contributed by atoms with Crippen molar-refractivity contribution >= 4 is 5.82 Å². The summed E-state index contributed by atoms with van der Waals surface area (Å²) in [7, 11) is 0. The van der Waals surface area contributed by atoms with E-state index < -0.39 is 0 Å². The molecule has 2 aromatic rings. The van der Waals surface area contributed by atoms with Gasteiger partial charge in [-0.05, 0) is 25.0 Å². The lowest BCUT2D eigenvalue weighted by Crippen LogP contribution is -2.26. The molecule has 1 unspecified atom stereocenters. The second-order valence-corrected chi connectivity index (χ2v) is 4.82. The standard InChI is InChI=1S/C13H16N4/c1-8(2)11-12-9(3)15-7-17(12)10-5-4-6-14-13(10)16-11/h4-8,11H,1-3H3,(H,14,16). The third kappa shape index (κ3) is 1.44. The molecule has 0 saturated carbocycles. The van der Waals surface area contributed by atoms with Gasteiger partial charge in [0.2, 0.25) is 0 Å². The van der Waals surface area contributed by atoms with Gasteiger partial charge in [0.05, 0.1) is 29.4 Å². The summed E-state index contributed by atoms with van der Waals surface area (Å²) in [5.74, 6) is 1.44. The maximum atomic E-state index is 4.42. The fraction of sp³-hybridized carbons (Fsp3) is 0.385. The Bertz CT molecular complexity index is 556. The van der Waals surface area contributed by atoms with E-state index in [4.69, 9.17) is 0 Å². The van der Waals surface area contributed by atoms with Crippen molar-refractivity contribution in [1.82, 2.24) is 14.5 Å². The van der Waals surface area contributed by atoms with E-state index in [9.17, 15) is 0 Å². The second kappa shape index (κ2) is 3.58. The average Bonchev–Trinajstić information content (AvgIpc) is 2.71. The predicted molar refractivity (Wildman–Crippen MR) is 67.3 cm³/mol. The van der Waals surface area contributed by atoms with Crippen molar-refractivity contribution in [3.05, 3.63) is 36.0 Å². The molecule has 1 aliphatic rings. The van der Waals surface area contributed by atoms with Crippen LogP contribution in [0.4, 0.5) is 5.82 Å². The van der Waals surface area contributed by atoms with Crippen LogP contribution in [0.5, 0.6) is 0 Å². The molecule has 0 saturated heterocycles. The van der Waals surface area contributed by atoms with Gasteiger partial charge in [-0.1, -0.05) is 13.8 Å². The monoisotopic (exact) mass is 228 g/mol. The zero-order valence-corrected chi connectivity index (χ0v) is 10.3. The lowest BCUT2D eigenvalue weighted by atomic mass is 9.97. The number of nitrogens with zero attached hydrogens (tertiary/aromatic N) is 3. The molecule has 4 heteroatoms. The number of rotatable bonds is 1. The van der Waals surface area contributed by atoms with E-state index in [-0.39, 0.29) is 6.04 Å². The van der Waals surface area contributed by atoms with Crippen LogP contribution in [0, 0.1) is 12.8 Å². The Hall–Kier alpha value is -1.84. The van der Waals surface area contributed by atoms with Gasteiger partial charge in [0.25, 0.3) is 0 Å². The molecule has 88 valence electrons. The second-order valence-electron chi connectivity index (χ2n) is 4.82. The van der Waals surface area contributed by atoms with E-state index >= 15 is 0 Å². The SMILES string of the molecule is Cc1ncn2c1C(C(C)C)Nc1ncccc1-2. The minimum atomic E-state index is 0.278. The highest BCUT2D eigenvalue weighted by Gasteiger charge is 2.28. The summed E-state index contributed by atoms with van der Waals surface area (Å²) < 4.78 is 2.15. The van der Waals surface area contributed by atoms with Crippen molar-refractivity contribution in [3.63, 3.8) is 0 Å². The van der Waals surface area contributed by atoms with Gasteiger partial charge in [-0.15, -0.1) is 0 Å². The number of aromatic nitrogens is 3. The Morgan fingerprint density at radius 3 is 2.94 bits per heavy atom. The van der Waals surface area contributed by atoms with Gasteiger partial charge in [-0.2, -0.15) is 0 Å². The molecule has 0 fully saturated rings. The van der Waals surface area contributed by atoms with Crippen LogP contribution in [0.1, 0.15) is 31.3 Å². The van der Waals surface area contributed by atoms with Crippen LogP contribution in [-0.2, 0) is 0 Å². The molecule has 0 spiro atoms. The molecule has 0 bridgehead atoms. The molecule has 1 N–H and O–H groups in total. The Morgan fingerprint density at radius 1 is 1.35 bits per heavy atom. The third-order valence-electron chi connectivity index (χ3n) is 3.30. The molecular weight excluding hydrogens is 212 g/mol. The third-order valence-corrected chi connectivity index (χ3v) is 3.30. The van der Waals surface area contributed by atoms with Crippen LogP contribution in [0.2, 0.25) is 0 Å². The summed E-state index contributed by atoms with van der Waals surface area (Å²) in [4.78, 5) is 8.83. The highest BCUT2D eigenvalue weighted by atomic mass is 15.2. The number of nitrogens with one attached hydrogen (secondary N) is 1. The van der Waals surface area contributed by atoms with Gasteiger partial charge in [0.1, 0.15) is 0 Å². The summed E-state index contributed by atoms with van der Waals surface area (Å²) in [6.07, 6.45) is 3.71. The zero-order chi connectivity index (χ0) is 12.0. The molecule has 0 aromatic carbocycles. The summed E-state index contributed by atoms with van der Waals surface area (Å²) in [5.41, 5.74) is 3.42. The van der Waals surface area contributed by atoms with Crippen LogP contribution in [0.3, 0.4) is 0 Å². The number of aryl methyl sites for hydroxylation is 1. The van der Waals surface area contributed by atoms with E-state index in [1.165, 1.54) is 5.69 Å². The number of fused-ring (bicyclic) bond motifs is 3. The van der Waals surface area contributed by atoms with E-state index in [1.807, 2.05) is 18.6 Å². The molecule has 1 aliphatic heterocycles. The van der Waals surface area contributed by atoms with Gasteiger partial charge < -0.3 is 5.32 Å². The van der Waals surface area contributed by atoms with Crippen LogP contribution >= 0.6 is 0 Å². The van der Waals surface area contributed by atoms with Gasteiger partial charge in [0.15, 0.2) is 5.82 Å². The van der Waals surface area contributed by atoms with Crippen LogP contribution in [0.15, 0.2) is 24.7 Å². The summed E-state index contributed by atoms with van der Waals surface area (Å²) in [6.45, 7) is 6.48. The first kappa shape index (κ1) is 10.3. The van der Waals surface area contributed by atoms with Crippen molar-refractivity contribution < 1.29 is 0 Å². The molecule has 0 amide bonds. The Balaban J connectivity index is 2.24. The maximum absolute atomic E-state index is 4.42. The first-order chi connectivity index (χ1) is 8.18. The molecule has 17 heavy (non-hydrogen) atoms. The minimum Gasteiger partial charge on any atom is -0.360 e. The van der Waals surface area contributed by atoms with Gasteiger partial charge in [-0.25, -0.2) is 9.97 Å². The smallest absolute Gasteiger partial charge is 0.150 e. The van der Waals surface area contributed by atoms with Gasteiger partial charge >= 0.3 is 0 Å². The molecule has 2 aromatic heterocycles. The topological polar surface area (TPSA) is 42.7 Å². The lowest BCUT2D eigenvalue weighted by molar-refractivity contribution is 0.515. The van der Waals surface area contributed by atoms with E-state index in [0.717, 1.165) is 17.2 Å². The molecule has 3 heterocycles. The minimum absolute atomic E-state index is 0.278. The highest BCUT2D eigenvalue weighted by Crippen LogP contribution is 2.36. The summed E-state index contributed by atoms with van der Waals surface area (Å²) in [5, 5.41) is 3.51. The molecule has 1 atom stereocenters. The summed E-state index contributed by atoms with van der Waals surface area (Å²) >= 11 is 0. The Morgan fingerprint density at radius 2 is 2.18 bits per heavy atom. The van der Waals surface area contributed by atoms with E-state index in [0.29, 0.717) is 5.92 Å². The highest BCUT2D eigenvalue weighted by molar-refractivity contribution is 5.60. The number of anilines is 1. The van der Waals surface area contributed by atoms with E-state index in [2.05, 4.69) is 46.7 Å². The van der Waals surface area contributed by atoms with E-state index in [1.54, 1.807) is 0 Å². The van der Waals surface area contributed by atoms with Gasteiger partial charge in [-0.3, -0.25) is 4.57 Å². The fourth-order valence-corrected chi connectivity index (χ4v) is 2.41. The number of pyridine rings is 1. The summed E-state index contributed by atoms with van der Waals surface area (Å²) in [6, 6.07) is 4.30. The number of imidazole rings is 1. The molecule has 0 aliphatic carbocycles. The first-order valence-electron chi connectivity index (χ1n) is 5.94. The maximum Gasteiger partial charge on any atom is 0.150 e. The number of hydrogen-bond donors (Lipinski definition) is 1. The normalized spacial score (nSPS) is 17.5. The van der Waals surface area contributed by atoms with Crippen molar-refractivity contribution in [2.75, 3.05) is 5.32 Å². The largest absolute Gasteiger partial charge is 0.360 e. The Labute approximate surface area is 101 Å². The molecule has 4 nitrogen and oxygen atoms in total. The number of hydrogen-bond acceptors (Lipinski definition) is 3. The lowest BCUT2D eigenvalue weighted by Gasteiger charge is -2.30. The predicted octanol–water partition coefficient (Wildman–Crippen LogP) is 2.70.